The van der Waals surface area contributed by atoms with Crippen molar-refractivity contribution in [3.8, 4) is 0 Å². The van der Waals surface area contributed by atoms with E-state index in [1.165, 1.54) is 38.5 Å². The molecule has 0 radical (unpaired) electrons. The molecule has 0 spiro atoms. The Bertz CT molecular complexity index is 344. The van der Waals surface area contributed by atoms with E-state index in [4.69, 9.17) is 5.11 Å². The fourth-order valence-corrected chi connectivity index (χ4v) is 5.32. The molecule has 4 aliphatic rings. The van der Waals surface area contributed by atoms with Crippen molar-refractivity contribution in [2.75, 3.05) is 13.1 Å². The van der Waals surface area contributed by atoms with Gasteiger partial charge in [-0.05, 0) is 61.7 Å². The summed E-state index contributed by atoms with van der Waals surface area (Å²) in [4.78, 5) is 23.5. The summed E-state index contributed by atoms with van der Waals surface area (Å²) in [6.45, 7) is 1.15. The number of rotatable bonds is 6. The molecule has 0 aliphatic heterocycles. The van der Waals surface area contributed by atoms with Crippen LogP contribution in [-0.2, 0) is 9.59 Å². The van der Waals surface area contributed by atoms with Crippen molar-refractivity contribution in [3.05, 3.63) is 0 Å². The molecule has 4 rings (SSSR count). The van der Waals surface area contributed by atoms with E-state index < -0.39 is 5.97 Å². The van der Waals surface area contributed by atoms with Gasteiger partial charge in [-0.25, -0.2) is 0 Å². The van der Waals surface area contributed by atoms with Crippen LogP contribution in [0.2, 0.25) is 0 Å². The summed E-state index contributed by atoms with van der Waals surface area (Å²) in [5.74, 6) is 1.80. The van der Waals surface area contributed by atoms with Gasteiger partial charge in [-0.3, -0.25) is 9.59 Å². The summed E-state index contributed by atoms with van der Waals surface area (Å²) >= 11 is 0. The molecule has 4 aliphatic carbocycles. The van der Waals surface area contributed by atoms with Crippen LogP contribution in [0.15, 0.2) is 0 Å². The molecule has 0 atom stereocenters. The Balaban J connectivity index is 1.64. The molecule has 4 heteroatoms. The molecule has 0 unspecified atom stereocenters. The lowest BCUT2D eigenvalue weighted by Crippen LogP contribution is -2.51. The lowest BCUT2D eigenvalue weighted by Gasteiger charge is -2.57. The van der Waals surface area contributed by atoms with Crippen LogP contribution < -0.4 is 0 Å². The SMILES string of the molecule is O=CN(CCC(=O)O)CC12CC3CC(CC(C3)C1)C2. The number of nitrogens with zero attached hydrogens (tertiary/aromatic N) is 1. The average Bonchev–Trinajstić information content (AvgIpc) is 2.32. The van der Waals surface area contributed by atoms with Gasteiger partial charge in [-0.15, -0.1) is 0 Å². The van der Waals surface area contributed by atoms with Crippen molar-refractivity contribution in [1.29, 1.82) is 0 Å². The number of carbonyl (C=O) groups is 2. The van der Waals surface area contributed by atoms with E-state index in [9.17, 15) is 9.59 Å². The van der Waals surface area contributed by atoms with E-state index in [0.717, 1.165) is 30.7 Å². The number of carboxylic acids is 1. The molecular weight excluding hydrogens is 242 g/mol. The number of carbonyl (C=O) groups excluding carboxylic acids is 1. The molecule has 0 aromatic rings. The summed E-state index contributed by atoms with van der Waals surface area (Å²) < 4.78 is 0. The minimum Gasteiger partial charge on any atom is -0.481 e. The van der Waals surface area contributed by atoms with E-state index in [-0.39, 0.29) is 6.42 Å². The van der Waals surface area contributed by atoms with Crippen molar-refractivity contribution in [2.24, 2.45) is 23.2 Å². The minimum atomic E-state index is -0.822. The minimum absolute atomic E-state index is 0.0606. The molecule has 0 saturated heterocycles. The molecule has 4 nitrogen and oxygen atoms in total. The highest BCUT2D eigenvalue weighted by atomic mass is 16.4. The lowest BCUT2D eigenvalue weighted by molar-refractivity contribution is -0.138. The zero-order chi connectivity index (χ0) is 13.5. The van der Waals surface area contributed by atoms with Crippen molar-refractivity contribution in [3.63, 3.8) is 0 Å². The van der Waals surface area contributed by atoms with Crippen LogP contribution in [0.5, 0.6) is 0 Å². The lowest BCUT2D eigenvalue weighted by atomic mass is 9.49. The molecule has 1 N–H and O–H groups in total. The maximum Gasteiger partial charge on any atom is 0.305 e. The quantitative estimate of drug-likeness (QED) is 0.748. The van der Waals surface area contributed by atoms with Gasteiger partial charge in [-0.1, -0.05) is 0 Å². The van der Waals surface area contributed by atoms with Crippen LogP contribution in [-0.4, -0.2) is 35.5 Å². The molecular formula is C15H23NO3. The average molecular weight is 265 g/mol. The second-order valence-electron chi connectivity index (χ2n) is 7.14. The summed E-state index contributed by atoms with van der Waals surface area (Å²) in [7, 11) is 0. The third kappa shape index (κ3) is 2.63. The van der Waals surface area contributed by atoms with Gasteiger partial charge in [0.15, 0.2) is 0 Å². The van der Waals surface area contributed by atoms with E-state index in [1.807, 2.05) is 0 Å². The molecule has 4 fully saturated rings. The van der Waals surface area contributed by atoms with Gasteiger partial charge in [0.05, 0.1) is 6.42 Å². The molecule has 4 bridgehead atoms. The smallest absolute Gasteiger partial charge is 0.305 e. The Morgan fingerprint density at radius 3 is 2.11 bits per heavy atom. The Kier molecular flexibility index (Phi) is 3.27. The van der Waals surface area contributed by atoms with E-state index in [0.29, 0.717) is 12.0 Å². The second-order valence-corrected chi connectivity index (χ2v) is 7.14. The van der Waals surface area contributed by atoms with Gasteiger partial charge in [-0.2, -0.15) is 0 Å². The van der Waals surface area contributed by atoms with E-state index in [1.54, 1.807) is 4.90 Å². The number of hydrogen-bond acceptors (Lipinski definition) is 2. The van der Waals surface area contributed by atoms with E-state index in [2.05, 4.69) is 0 Å². The monoisotopic (exact) mass is 265 g/mol. The molecule has 0 aromatic heterocycles. The van der Waals surface area contributed by atoms with Gasteiger partial charge in [0.25, 0.3) is 0 Å². The summed E-state index contributed by atoms with van der Waals surface area (Å²) in [6.07, 6.45) is 8.89. The first kappa shape index (κ1) is 12.9. The van der Waals surface area contributed by atoms with Gasteiger partial charge in [0, 0.05) is 13.1 Å². The molecule has 4 saturated carbocycles. The highest BCUT2D eigenvalue weighted by molar-refractivity contribution is 5.67. The highest BCUT2D eigenvalue weighted by Crippen LogP contribution is 2.60. The molecule has 19 heavy (non-hydrogen) atoms. The van der Waals surface area contributed by atoms with Gasteiger partial charge < -0.3 is 10.0 Å². The largest absolute Gasteiger partial charge is 0.481 e. The third-order valence-corrected chi connectivity index (χ3v) is 5.47. The third-order valence-electron chi connectivity index (χ3n) is 5.47. The fraction of sp³-hybridized carbons (Fsp3) is 0.867. The highest BCUT2D eigenvalue weighted by Gasteiger charge is 2.51. The van der Waals surface area contributed by atoms with Crippen molar-refractivity contribution >= 4 is 12.4 Å². The van der Waals surface area contributed by atoms with Crippen LogP contribution in [0, 0.1) is 23.2 Å². The molecule has 1 amide bonds. The molecule has 0 heterocycles. The Labute approximate surface area is 114 Å². The van der Waals surface area contributed by atoms with Crippen molar-refractivity contribution in [1.82, 2.24) is 4.90 Å². The number of aliphatic carboxylic acids is 1. The van der Waals surface area contributed by atoms with Crippen LogP contribution in [0.25, 0.3) is 0 Å². The Hall–Kier alpha value is -1.06. The zero-order valence-corrected chi connectivity index (χ0v) is 11.4. The first-order chi connectivity index (χ1) is 9.08. The topological polar surface area (TPSA) is 57.6 Å². The number of carboxylic acid groups (broad SMARTS) is 1. The maximum absolute atomic E-state index is 11.2. The molecule has 0 aromatic carbocycles. The predicted octanol–water partition coefficient (Wildman–Crippen LogP) is 2.14. The Morgan fingerprint density at radius 2 is 1.68 bits per heavy atom. The van der Waals surface area contributed by atoms with Gasteiger partial charge in [0.1, 0.15) is 0 Å². The molecule has 106 valence electrons. The summed E-state index contributed by atoms with van der Waals surface area (Å²) in [5.41, 5.74) is 0.314. The summed E-state index contributed by atoms with van der Waals surface area (Å²) in [6, 6.07) is 0. The first-order valence-electron chi connectivity index (χ1n) is 7.50. The summed E-state index contributed by atoms with van der Waals surface area (Å²) in [5, 5.41) is 8.74. The second kappa shape index (κ2) is 4.80. The van der Waals surface area contributed by atoms with Gasteiger partial charge >= 0.3 is 5.97 Å². The van der Waals surface area contributed by atoms with Crippen LogP contribution >= 0.6 is 0 Å². The van der Waals surface area contributed by atoms with Gasteiger partial charge in [0.2, 0.25) is 6.41 Å². The maximum atomic E-state index is 11.2. The van der Waals surface area contributed by atoms with Crippen molar-refractivity contribution in [2.45, 2.75) is 44.9 Å². The zero-order valence-electron chi connectivity index (χ0n) is 11.4. The van der Waals surface area contributed by atoms with Crippen LogP contribution in [0.4, 0.5) is 0 Å². The standard InChI is InChI=1S/C15H23NO3/c17-10-16(2-1-14(18)19)9-15-6-11-3-12(7-15)5-13(4-11)8-15/h10-13H,1-9H2,(H,18,19). The first-order valence-corrected chi connectivity index (χ1v) is 7.50. The Morgan fingerprint density at radius 1 is 1.16 bits per heavy atom. The van der Waals surface area contributed by atoms with Crippen molar-refractivity contribution < 1.29 is 14.7 Å². The van der Waals surface area contributed by atoms with Crippen LogP contribution in [0.3, 0.4) is 0 Å². The predicted molar refractivity (Wildman–Crippen MR) is 70.5 cm³/mol. The van der Waals surface area contributed by atoms with E-state index >= 15 is 0 Å². The normalized spacial score (nSPS) is 39.3. The number of amides is 1. The van der Waals surface area contributed by atoms with Crippen LogP contribution in [0.1, 0.15) is 44.9 Å². The fourth-order valence-electron chi connectivity index (χ4n) is 5.32. The number of hydrogen-bond donors (Lipinski definition) is 1.